The summed E-state index contributed by atoms with van der Waals surface area (Å²) >= 11 is 0. The highest BCUT2D eigenvalue weighted by molar-refractivity contribution is 6.08. The number of hydrogen-bond donors (Lipinski definition) is 2. The van der Waals surface area contributed by atoms with Crippen LogP contribution in [-0.2, 0) is 6.42 Å². The van der Waals surface area contributed by atoms with E-state index in [4.69, 9.17) is 0 Å². The molecular weight excluding hydrogens is 276 g/mol. The quantitative estimate of drug-likeness (QED) is 0.773. The summed E-state index contributed by atoms with van der Waals surface area (Å²) in [6, 6.07) is 16.8. The number of aliphatic hydroxyl groups is 2. The second-order valence-corrected chi connectivity index (χ2v) is 6.02. The van der Waals surface area contributed by atoms with E-state index >= 15 is 0 Å². The molecule has 0 aromatic heterocycles. The largest absolute Gasteiger partial charge is 0.396 e. The second-order valence-electron chi connectivity index (χ2n) is 6.02. The first-order valence-electron chi connectivity index (χ1n) is 7.48. The van der Waals surface area contributed by atoms with E-state index in [1.54, 1.807) is 0 Å². The molecule has 0 fully saturated rings. The van der Waals surface area contributed by atoms with Crippen LogP contribution in [0.3, 0.4) is 0 Å². The van der Waals surface area contributed by atoms with Crippen molar-refractivity contribution in [2.75, 3.05) is 13.2 Å². The minimum absolute atomic E-state index is 0.0164. The first-order chi connectivity index (χ1) is 10.6. The lowest BCUT2D eigenvalue weighted by atomic mass is 9.85. The van der Waals surface area contributed by atoms with Crippen LogP contribution in [0.25, 0.3) is 0 Å². The summed E-state index contributed by atoms with van der Waals surface area (Å²) in [5, 5.41) is 18.6. The van der Waals surface area contributed by atoms with Crippen molar-refractivity contribution in [3.63, 3.8) is 0 Å². The summed E-state index contributed by atoms with van der Waals surface area (Å²) in [5.41, 5.74) is 1.99. The number of rotatable bonds is 7. The Morgan fingerprint density at radius 2 is 1.45 bits per heavy atom. The summed E-state index contributed by atoms with van der Waals surface area (Å²) in [6.07, 6.45) is 1.46. The Morgan fingerprint density at radius 3 is 2.00 bits per heavy atom. The van der Waals surface area contributed by atoms with Gasteiger partial charge in [-0.05, 0) is 18.4 Å². The molecule has 0 bridgehead atoms. The lowest BCUT2D eigenvalue weighted by Gasteiger charge is -2.24. The Kier molecular flexibility index (Phi) is 5.47. The molecule has 22 heavy (non-hydrogen) atoms. The van der Waals surface area contributed by atoms with Crippen LogP contribution in [0.1, 0.15) is 34.8 Å². The zero-order valence-corrected chi connectivity index (χ0v) is 12.8. The molecule has 0 unspecified atom stereocenters. The molecule has 0 saturated heterocycles. The lowest BCUT2D eigenvalue weighted by molar-refractivity contribution is 0.0631. The maximum absolute atomic E-state index is 12.3. The summed E-state index contributed by atoms with van der Waals surface area (Å²) in [5.74, 6) is 0.0164. The molecule has 2 N–H and O–H groups in total. The van der Waals surface area contributed by atoms with E-state index in [0.29, 0.717) is 17.5 Å². The second kappa shape index (κ2) is 7.34. The topological polar surface area (TPSA) is 57.5 Å². The first kappa shape index (κ1) is 16.4. The van der Waals surface area contributed by atoms with Crippen molar-refractivity contribution in [1.29, 1.82) is 0 Å². The van der Waals surface area contributed by atoms with Gasteiger partial charge in [-0.15, -0.1) is 0 Å². The van der Waals surface area contributed by atoms with Crippen molar-refractivity contribution in [1.82, 2.24) is 0 Å². The number of carbonyl (C=O) groups is 1. The third-order valence-electron chi connectivity index (χ3n) is 4.03. The maximum Gasteiger partial charge on any atom is 0.193 e. The van der Waals surface area contributed by atoms with Crippen LogP contribution in [0.4, 0.5) is 0 Å². The van der Waals surface area contributed by atoms with Crippen molar-refractivity contribution in [3.05, 3.63) is 71.3 Å². The van der Waals surface area contributed by atoms with Gasteiger partial charge in [0.25, 0.3) is 0 Å². The number of ketones is 1. The SMILES string of the molecule is CC(CO)(CO)CCc1ccc(C(=O)c2ccccc2)cc1. The third-order valence-corrected chi connectivity index (χ3v) is 4.03. The zero-order chi connectivity index (χ0) is 16.0. The average molecular weight is 298 g/mol. The fourth-order valence-corrected chi connectivity index (χ4v) is 2.23. The highest BCUT2D eigenvalue weighted by Gasteiger charge is 2.21. The van der Waals surface area contributed by atoms with Crippen LogP contribution < -0.4 is 0 Å². The molecule has 0 spiro atoms. The smallest absolute Gasteiger partial charge is 0.193 e. The fraction of sp³-hybridized carbons (Fsp3) is 0.316. The molecule has 0 aliphatic rings. The van der Waals surface area contributed by atoms with E-state index in [-0.39, 0.29) is 19.0 Å². The Labute approximate surface area is 131 Å². The monoisotopic (exact) mass is 298 g/mol. The minimum atomic E-state index is -0.460. The van der Waals surface area contributed by atoms with Crippen molar-refractivity contribution < 1.29 is 15.0 Å². The van der Waals surface area contributed by atoms with E-state index in [2.05, 4.69) is 0 Å². The summed E-state index contributed by atoms with van der Waals surface area (Å²) in [7, 11) is 0. The van der Waals surface area contributed by atoms with Crippen molar-refractivity contribution in [2.24, 2.45) is 5.41 Å². The van der Waals surface area contributed by atoms with Crippen LogP contribution in [0, 0.1) is 5.41 Å². The van der Waals surface area contributed by atoms with E-state index < -0.39 is 5.41 Å². The van der Waals surface area contributed by atoms with Crippen LogP contribution in [-0.4, -0.2) is 29.2 Å². The molecule has 0 amide bonds. The predicted octanol–water partition coefficient (Wildman–Crippen LogP) is 2.84. The van der Waals surface area contributed by atoms with Gasteiger partial charge in [0.15, 0.2) is 5.78 Å². The fourth-order valence-electron chi connectivity index (χ4n) is 2.23. The minimum Gasteiger partial charge on any atom is -0.396 e. The number of aliphatic hydroxyl groups excluding tert-OH is 2. The molecule has 0 atom stereocenters. The molecule has 0 heterocycles. The van der Waals surface area contributed by atoms with Crippen LogP contribution >= 0.6 is 0 Å². The van der Waals surface area contributed by atoms with Crippen LogP contribution in [0.2, 0.25) is 0 Å². The Hall–Kier alpha value is -1.97. The standard InChI is InChI=1S/C19H22O3/c1-19(13-20,14-21)12-11-15-7-9-17(10-8-15)18(22)16-5-3-2-4-6-16/h2-10,20-21H,11-14H2,1H3. The zero-order valence-electron chi connectivity index (χ0n) is 12.8. The normalized spacial score (nSPS) is 11.4. The molecule has 3 heteroatoms. The Balaban J connectivity index is 2.03. The highest BCUT2D eigenvalue weighted by atomic mass is 16.3. The highest BCUT2D eigenvalue weighted by Crippen LogP contribution is 2.22. The number of carbonyl (C=O) groups excluding carboxylic acids is 1. The molecule has 0 saturated carbocycles. The molecule has 0 radical (unpaired) electrons. The van der Waals surface area contributed by atoms with Gasteiger partial charge in [0.1, 0.15) is 0 Å². The van der Waals surface area contributed by atoms with Crippen molar-refractivity contribution in [2.45, 2.75) is 19.8 Å². The van der Waals surface area contributed by atoms with Crippen molar-refractivity contribution >= 4 is 5.78 Å². The number of benzene rings is 2. The maximum atomic E-state index is 12.3. The molecule has 0 aliphatic carbocycles. The van der Waals surface area contributed by atoms with Gasteiger partial charge in [-0.25, -0.2) is 0 Å². The molecule has 2 aromatic carbocycles. The Morgan fingerprint density at radius 1 is 0.909 bits per heavy atom. The molecule has 116 valence electrons. The van der Waals surface area contributed by atoms with Gasteiger partial charge >= 0.3 is 0 Å². The predicted molar refractivity (Wildman–Crippen MR) is 86.9 cm³/mol. The van der Waals surface area contributed by atoms with E-state index in [0.717, 1.165) is 12.0 Å². The molecular formula is C19H22O3. The van der Waals surface area contributed by atoms with E-state index in [1.165, 1.54) is 0 Å². The van der Waals surface area contributed by atoms with Gasteiger partial charge in [0.05, 0.1) is 13.2 Å². The first-order valence-corrected chi connectivity index (χ1v) is 7.48. The molecule has 0 aliphatic heterocycles. The van der Waals surface area contributed by atoms with Gasteiger partial charge in [0, 0.05) is 16.5 Å². The molecule has 2 aromatic rings. The van der Waals surface area contributed by atoms with Gasteiger partial charge in [-0.2, -0.15) is 0 Å². The summed E-state index contributed by atoms with van der Waals surface area (Å²) < 4.78 is 0. The Bertz CT molecular complexity index is 598. The summed E-state index contributed by atoms with van der Waals surface area (Å²) in [4.78, 5) is 12.3. The third kappa shape index (κ3) is 4.03. The molecule has 2 rings (SSSR count). The number of aryl methyl sites for hydroxylation is 1. The molecule has 3 nitrogen and oxygen atoms in total. The van der Waals surface area contributed by atoms with E-state index in [9.17, 15) is 15.0 Å². The lowest BCUT2D eigenvalue weighted by Crippen LogP contribution is -2.26. The van der Waals surface area contributed by atoms with E-state index in [1.807, 2.05) is 61.5 Å². The average Bonchev–Trinajstić information content (AvgIpc) is 2.60. The van der Waals surface area contributed by atoms with Crippen LogP contribution in [0.15, 0.2) is 54.6 Å². The van der Waals surface area contributed by atoms with Crippen LogP contribution in [0.5, 0.6) is 0 Å². The van der Waals surface area contributed by atoms with Crippen molar-refractivity contribution in [3.8, 4) is 0 Å². The number of hydrogen-bond acceptors (Lipinski definition) is 3. The summed E-state index contributed by atoms with van der Waals surface area (Å²) in [6.45, 7) is 1.79. The van der Waals surface area contributed by atoms with Gasteiger partial charge in [-0.3, -0.25) is 4.79 Å². The van der Waals surface area contributed by atoms with Gasteiger partial charge in [-0.1, -0.05) is 61.5 Å². The van der Waals surface area contributed by atoms with Gasteiger partial charge in [0.2, 0.25) is 0 Å². The van der Waals surface area contributed by atoms with Gasteiger partial charge < -0.3 is 10.2 Å².